The van der Waals surface area contributed by atoms with Gasteiger partial charge in [0.15, 0.2) is 0 Å². The van der Waals surface area contributed by atoms with Gasteiger partial charge >= 0.3 is 0 Å². The van der Waals surface area contributed by atoms with Crippen LogP contribution in [-0.2, 0) is 4.79 Å². The van der Waals surface area contributed by atoms with Gasteiger partial charge in [-0.3, -0.25) is 4.79 Å². The lowest BCUT2D eigenvalue weighted by atomic mass is 9.44. The molecule has 0 aliphatic heterocycles. The van der Waals surface area contributed by atoms with Gasteiger partial charge in [-0.05, 0) is 86.4 Å². The maximum Gasteiger partial charge on any atom is 0.136 e. The quantitative estimate of drug-likeness (QED) is 0.709. The first-order valence-electron chi connectivity index (χ1n) is 9.94. The molecule has 2 nitrogen and oxygen atoms in total. The van der Waals surface area contributed by atoms with E-state index in [0.717, 1.165) is 31.1 Å². The first-order valence-corrected chi connectivity index (χ1v) is 9.94. The van der Waals surface area contributed by atoms with Gasteiger partial charge in [-0.15, -0.1) is 0 Å². The second-order valence-corrected chi connectivity index (χ2v) is 10.2. The van der Waals surface area contributed by atoms with E-state index in [-0.39, 0.29) is 11.3 Å². The number of fused-ring (bicyclic) bond motifs is 5. The topological polar surface area (TPSA) is 37.3 Å². The highest BCUT2D eigenvalue weighted by Gasteiger charge is 2.63. The molecule has 0 saturated heterocycles. The number of aliphatic hydroxyl groups is 1. The second kappa shape index (κ2) is 4.84. The summed E-state index contributed by atoms with van der Waals surface area (Å²) in [4.78, 5) is 12.2. The van der Waals surface area contributed by atoms with Crippen molar-refractivity contribution in [3.05, 3.63) is 0 Å². The van der Waals surface area contributed by atoms with Crippen LogP contribution in [-0.4, -0.2) is 16.5 Å². The molecule has 0 heterocycles. The average Bonchev–Trinajstić information content (AvgIpc) is 2.71. The van der Waals surface area contributed by atoms with Crippen molar-refractivity contribution < 1.29 is 9.90 Å². The van der Waals surface area contributed by atoms with Crippen molar-refractivity contribution in [2.75, 3.05) is 0 Å². The standard InChI is InChI=1S/C21H34O2/c1-13-12-19(2)14(11-18(13)22)5-6-15-16(19)7-9-20(3)17(15)8-10-21(20,4)23/h13-17,23H,5-12H2,1-4H3/t13-,14-,15-,16-,17-,19+,20+,21+/m1/s1. The number of rotatable bonds is 0. The smallest absolute Gasteiger partial charge is 0.136 e. The monoisotopic (exact) mass is 318 g/mol. The Labute approximate surface area is 141 Å². The molecule has 2 heteroatoms. The summed E-state index contributed by atoms with van der Waals surface area (Å²) in [6.07, 6.45) is 9.11. The van der Waals surface area contributed by atoms with Crippen LogP contribution in [0.4, 0.5) is 0 Å². The second-order valence-electron chi connectivity index (χ2n) is 10.2. The fraction of sp³-hybridized carbons (Fsp3) is 0.952. The van der Waals surface area contributed by atoms with Crippen LogP contribution in [0.15, 0.2) is 0 Å². The first kappa shape index (κ1) is 16.1. The molecule has 4 rings (SSSR count). The molecule has 8 atom stereocenters. The van der Waals surface area contributed by atoms with Crippen molar-refractivity contribution in [3.63, 3.8) is 0 Å². The van der Waals surface area contributed by atoms with E-state index in [1.165, 1.54) is 32.1 Å². The largest absolute Gasteiger partial charge is 0.390 e. The van der Waals surface area contributed by atoms with Crippen LogP contribution in [0.25, 0.3) is 0 Å². The number of ketones is 1. The highest BCUT2D eigenvalue weighted by atomic mass is 16.3. The predicted octanol–water partition coefficient (Wildman–Crippen LogP) is 4.60. The van der Waals surface area contributed by atoms with Gasteiger partial charge in [-0.2, -0.15) is 0 Å². The van der Waals surface area contributed by atoms with Gasteiger partial charge in [0.2, 0.25) is 0 Å². The Morgan fingerprint density at radius 2 is 1.70 bits per heavy atom. The zero-order chi connectivity index (χ0) is 16.6. The molecule has 0 spiro atoms. The van der Waals surface area contributed by atoms with Crippen molar-refractivity contribution in [1.82, 2.24) is 0 Å². The van der Waals surface area contributed by atoms with Gasteiger partial charge in [0.05, 0.1) is 5.60 Å². The molecule has 0 aromatic carbocycles. The zero-order valence-corrected chi connectivity index (χ0v) is 15.4. The number of Topliss-reactive ketones (excluding diaryl/α,β-unsaturated/α-hetero) is 1. The lowest BCUT2D eigenvalue weighted by Gasteiger charge is -2.61. The Bertz CT molecular complexity index is 524. The van der Waals surface area contributed by atoms with E-state index in [9.17, 15) is 9.90 Å². The molecule has 4 fully saturated rings. The molecule has 0 aromatic heterocycles. The van der Waals surface area contributed by atoms with Gasteiger partial charge in [0.25, 0.3) is 0 Å². The Hall–Kier alpha value is -0.370. The van der Waals surface area contributed by atoms with Crippen LogP contribution < -0.4 is 0 Å². The highest BCUT2D eigenvalue weighted by molar-refractivity contribution is 5.82. The van der Waals surface area contributed by atoms with Crippen molar-refractivity contribution in [2.24, 2.45) is 40.4 Å². The fourth-order valence-electron chi connectivity index (χ4n) is 7.65. The maximum absolute atomic E-state index is 12.2. The van der Waals surface area contributed by atoms with Crippen LogP contribution in [0, 0.1) is 40.4 Å². The maximum atomic E-state index is 12.2. The summed E-state index contributed by atoms with van der Waals surface area (Å²) in [5.74, 6) is 3.65. The van der Waals surface area contributed by atoms with E-state index < -0.39 is 5.60 Å². The zero-order valence-electron chi connectivity index (χ0n) is 15.4. The molecular weight excluding hydrogens is 284 g/mol. The molecule has 4 aliphatic carbocycles. The normalized spacial score (nSPS) is 59.2. The molecule has 0 amide bonds. The number of hydrogen-bond donors (Lipinski definition) is 1. The predicted molar refractivity (Wildman–Crippen MR) is 91.9 cm³/mol. The van der Waals surface area contributed by atoms with Crippen LogP contribution >= 0.6 is 0 Å². The molecule has 23 heavy (non-hydrogen) atoms. The highest BCUT2D eigenvalue weighted by Crippen LogP contribution is 2.68. The molecule has 0 bridgehead atoms. The van der Waals surface area contributed by atoms with Gasteiger partial charge in [-0.1, -0.05) is 20.8 Å². The van der Waals surface area contributed by atoms with Crippen LogP contribution in [0.3, 0.4) is 0 Å². The third-order valence-corrected chi connectivity index (χ3v) is 9.37. The minimum atomic E-state index is -0.476. The minimum absolute atomic E-state index is 0.119. The summed E-state index contributed by atoms with van der Waals surface area (Å²) >= 11 is 0. The molecular formula is C21H34O2. The van der Waals surface area contributed by atoms with E-state index in [2.05, 4.69) is 27.7 Å². The van der Waals surface area contributed by atoms with E-state index >= 15 is 0 Å². The molecule has 0 unspecified atom stereocenters. The summed E-state index contributed by atoms with van der Waals surface area (Å²) in [6, 6.07) is 0. The van der Waals surface area contributed by atoms with Crippen molar-refractivity contribution in [1.29, 1.82) is 0 Å². The summed E-state index contributed by atoms with van der Waals surface area (Å²) in [7, 11) is 0. The Morgan fingerprint density at radius 3 is 2.43 bits per heavy atom. The first-order chi connectivity index (χ1) is 10.7. The SMILES string of the molecule is C[C@@H]1C[C@@]2(C)[C@H](CC[C@@H]3[C@H]2CC[C@@]2(C)[C@@H]3CC[C@]2(C)O)CC1=O. The lowest BCUT2D eigenvalue weighted by Crippen LogP contribution is -2.56. The van der Waals surface area contributed by atoms with Crippen LogP contribution in [0.1, 0.15) is 79.1 Å². The van der Waals surface area contributed by atoms with E-state index in [1.54, 1.807) is 0 Å². The minimum Gasteiger partial charge on any atom is -0.390 e. The van der Waals surface area contributed by atoms with Gasteiger partial charge in [0.1, 0.15) is 5.78 Å². The van der Waals surface area contributed by atoms with Gasteiger partial charge in [0, 0.05) is 12.3 Å². The van der Waals surface area contributed by atoms with Crippen molar-refractivity contribution in [3.8, 4) is 0 Å². The number of carbonyl (C=O) groups is 1. The van der Waals surface area contributed by atoms with Crippen molar-refractivity contribution >= 4 is 5.78 Å². The van der Waals surface area contributed by atoms with Crippen LogP contribution in [0.2, 0.25) is 0 Å². The Morgan fingerprint density at radius 1 is 1.00 bits per heavy atom. The third kappa shape index (κ3) is 2.00. The summed E-state index contributed by atoms with van der Waals surface area (Å²) in [5, 5.41) is 11.0. The average molecular weight is 319 g/mol. The molecule has 0 aromatic rings. The molecule has 1 N–H and O–H groups in total. The number of hydrogen-bond acceptors (Lipinski definition) is 2. The fourth-order valence-corrected chi connectivity index (χ4v) is 7.65. The van der Waals surface area contributed by atoms with Crippen LogP contribution in [0.5, 0.6) is 0 Å². The third-order valence-electron chi connectivity index (χ3n) is 9.37. The van der Waals surface area contributed by atoms with Crippen molar-refractivity contribution in [2.45, 2.75) is 84.7 Å². The van der Waals surface area contributed by atoms with Gasteiger partial charge < -0.3 is 5.11 Å². The van der Waals surface area contributed by atoms with E-state index in [4.69, 9.17) is 0 Å². The molecule has 4 aliphatic rings. The molecule has 4 saturated carbocycles. The summed E-state index contributed by atoms with van der Waals surface area (Å²) < 4.78 is 0. The van der Waals surface area contributed by atoms with E-state index in [1.807, 2.05) is 0 Å². The number of carbonyl (C=O) groups excluding carboxylic acids is 1. The van der Waals surface area contributed by atoms with Gasteiger partial charge in [-0.25, -0.2) is 0 Å². The summed E-state index contributed by atoms with van der Waals surface area (Å²) in [6.45, 7) is 9.11. The Kier molecular flexibility index (Phi) is 3.39. The summed E-state index contributed by atoms with van der Waals surface area (Å²) in [5.41, 5.74) is 0.00962. The lowest BCUT2D eigenvalue weighted by molar-refractivity contribution is -0.158. The van der Waals surface area contributed by atoms with E-state index in [0.29, 0.717) is 23.0 Å². The molecule has 130 valence electrons. The Balaban J connectivity index is 1.66. The molecule has 0 radical (unpaired) electrons.